The Kier molecular flexibility index (Phi) is 5.92. The molecule has 5 heteroatoms. The minimum Gasteiger partial charge on any atom is -0.494 e. The van der Waals surface area contributed by atoms with Crippen LogP contribution in [-0.2, 0) is 0 Å². The van der Waals surface area contributed by atoms with Gasteiger partial charge in [0.2, 0.25) is 0 Å². The van der Waals surface area contributed by atoms with E-state index in [9.17, 15) is 4.79 Å². The van der Waals surface area contributed by atoms with E-state index in [1.807, 2.05) is 61.5 Å². The molecule has 0 aliphatic rings. The molecule has 0 bridgehead atoms. The van der Waals surface area contributed by atoms with E-state index >= 15 is 0 Å². The summed E-state index contributed by atoms with van der Waals surface area (Å²) >= 11 is 3.38. The zero-order valence-corrected chi connectivity index (χ0v) is 15.8. The van der Waals surface area contributed by atoms with Gasteiger partial charge in [-0.25, -0.2) is 0 Å². The van der Waals surface area contributed by atoms with E-state index in [1.54, 1.807) is 18.2 Å². The predicted octanol–water partition coefficient (Wildman–Crippen LogP) is 5.89. The van der Waals surface area contributed by atoms with Gasteiger partial charge in [0.15, 0.2) is 0 Å². The van der Waals surface area contributed by atoms with Crippen molar-refractivity contribution in [1.82, 2.24) is 0 Å². The van der Waals surface area contributed by atoms with Crippen LogP contribution in [0.2, 0.25) is 0 Å². The third-order valence-corrected chi connectivity index (χ3v) is 4.29. The van der Waals surface area contributed by atoms with E-state index < -0.39 is 0 Å². The van der Waals surface area contributed by atoms with Crippen molar-refractivity contribution in [1.29, 1.82) is 0 Å². The highest BCUT2D eigenvalue weighted by Crippen LogP contribution is 2.25. The maximum absolute atomic E-state index is 12.3. The molecule has 3 rings (SSSR count). The quantitative estimate of drug-likeness (QED) is 0.549. The molecule has 4 nitrogen and oxygen atoms in total. The number of anilines is 1. The third-order valence-electron chi connectivity index (χ3n) is 3.60. The number of benzene rings is 3. The van der Waals surface area contributed by atoms with E-state index in [0.717, 1.165) is 16.0 Å². The summed E-state index contributed by atoms with van der Waals surface area (Å²) in [6, 6.07) is 22.0. The Labute approximate surface area is 160 Å². The average molecular weight is 412 g/mol. The van der Waals surface area contributed by atoms with Gasteiger partial charge in [0.05, 0.1) is 12.2 Å². The molecular formula is C21H18BrNO3. The molecule has 132 valence electrons. The maximum atomic E-state index is 12.3. The van der Waals surface area contributed by atoms with Crippen LogP contribution in [-0.4, -0.2) is 12.5 Å². The summed E-state index contributed by atoms with van der Waals surface area (Å²) in [4.78, 5) is 12.3. The first-order chi connectivity index (χ1) is 12.7. The highest BCUT2D eigenvalue weighted by Gasteiger charge is 2.09. The number of nitrogens with one attached hydrogen (secondary N) is 1. The first kappa shape index (κ1) is 18.0. The van der Waals surface area contributed by atoms with Crippen molar-refractivity contribution in [3.05, 3.63) is 82.8 Å². The van der Waals surface area contributed by atoms with Gasteiger partial charge in [-0.3, -0.25) is 4.79 Å². The van der Waals surface area contributed by atoms with Gasteiger partial charge >= 0.3 is 0 Å². The first-order valence-electron chi connectivity index (χ1n) is 8.22. The molecular weight excluding hydrogens is 394 g/mol. The summed E-state index contributed by atoms with van der Waals surface area (Å²) in [5.41, 5.74) is 1.28. The van der Waals surface area contributed by atoms with E-state index in [1.165, 1.54) is 0 Å². The normalized spacial score (nSPS) is 10.2. The third kappa shape index (κ3) is 4.64. The molecule has 26 heavy (non-hydrogen) atoms. The van der Waals surface area contributed by atoms with E-state index in [4.69, 9.17) is 9.47 Å². The molecule has 0 aliphatic carbocycles. The molecule has 0 spiro atoms. The van der Waals surface area contributed by atoms with Crippen LogP contribution in [0.1, 0.15) is 17.3 Å². The smallest absolute Gasteiger partial charge is 0.256 e. The molecule has 0 saturated heterocycles. The number of ether oxygens (including phenoxy) is 2. The van der Waals surface area contributed by atoms with Gasteiger partial charge in [-0.2, -0.15) is 0 Å². The molecule has 0 aromatic heterocycles. The molecule has 0 radical (unpaired) electrons. The summed E-state index contributed by atoms with van der Waals surface area (Å²) in [6.45, 7) is 2.58. The Morgan fingerprint density at radius 3 is 2.08 bits per heavy atom. The van der Waals surface area contributed by atoms with Crippen molar-refractivity contribution in [2.24, 2.45) is 0 Å². The SMILES string of the molecule is CCOc1ccc(Oc2ccc(NC(=O)c3ccccc3Br)cc2)cc1. The summed E-state index contributed by atoms with van der Waals surface area (Å²) < 4.78 is 12.0. The fraction of sp³-hybridized carbons (Fsp3) is 0.0952. The molecule has 0 aliphatic heterocycles. The number of halogens is 1. The van der Waals surface area contributed by atoms with Crippen LogP contribution >= 0.6 is 15.9 Å². The molecule has 0 saturated carbocycles. The molecule has 1 N–H and O–H groups in total. The maximum Gasteiger partial charge on any atom is 0.256 e. The van der Waals surface area contributed by atoms with Crippen LogP contribution in [0.25, 0.3) is 0 Å². The highest BCUT2D eigenvalue weighted by molar-refractivity contribution is 9.10. The van der Waals surface area contributed by atoms with Crippen LogP contribution in [0.3, 0.4) is 0 Å². The molecule has 0 heterocycles. The first-order valence-corrected chi connectivity index (χ1v) is 9.01. The van der Waals surface area contributed by atoms with Crippen LogP contribution in [0, 0.1) is 0 Å². The fourth-order valence-corrected chi connectivity index (χ4v) is 2.82. The molecule has 0 fully saturated rings. The minimum absolute atomic E-state index is 0.169. The van der Waals surface area contributed by atoms with E-state index in [-0.39, 0.29) is 5.91 Å². The zero-order chi connectivity index (χ0) is 18.4. The molecule has 3 aromatic rings. The Balaban J connectivity index is 1.63. The summed E-state index contributed by atoms with van der Waals surface area (Å²) in [7, 11) is 0. The van der Waals surface area contributed by atoms with Crippen molar-refractivity contribution in [3.63, 3.8) is 0 Å². The fourth-order valence-electron chi connectivity index (χ4n) is 2.36. The van der Waals surface area contributed by atoms with Gasteiger partial charge in [0.1, 0.15) is 17.2 Å². The summed E-state index contributed by atoms with van der Waals surface area (Å²) in [5, 5.41) is 2.87. The number of carbonyl (C=O) groups is 1. The Morgan fingerprint density at radius 2 is 1.46 bits per heavy atom. The zero-order valence-electron chi connectivity index (χ0n) is 14.2. The second-order valence-corrected chi connectivity index (χ2v) is 6.32. The summed E-state index contributed by atoms with van der Waals surface area (Å²) in [5.74, 6) is 2.05. The van der Waals surface area contributed by atoms with Gasteiger partial charge in [0.25, 0.3) is 5.91 Å². The van der Waals surface area contributed by atoms with Crippen LogP contribution in [0.15, 0.2) is 77.3 Å². The monoisotopic (exact) mass is 411 g/mol. The van der Waals surface area contributed by atoms with Crippen LogP contribution in [0.4, 0.5) is 5.69 Å². The number of hydrogen-bond donors (Lipinski definition) is 1. The predicted molar refractivity (Wildman–Crippen MR) is 106 cm³/mol. The minimum atomic E-state index is -0.169. The topological polar surface area (TPSA) is 47.6 Å². The van der Waals surface area contributed by atoms with Crippen molar-refractivity contribution in [2.75, 3.05) is 11.9 Å². The van der Waals surface area contributed by atoms with Crippen molar-refractivity contribution >= 4 is 27.5 Å². The van der Waals surface area contributed by atoms with Crippen molar-refractivity contribution in [3.8, 4) is 17.2 Å². The number of rotatable bonds is 6. The lowest BCUT2D eigenvalue weighted by molar-refractivity contribution is 0.102. The second kappa shape index (κ2) is 8.54. The van der Waals surface area contributed by atoms with Gasteiger partial charge in [-0.15, -0.1) is 0 Å². The van der Waals surface area contributed by atoms with Gasteiger partial charge < -0.3 is 14.8 Å². The highest BCUT2D eigenvalue weighted by atomic mass is 79.9. The number of amides is 1. The Morgan fingerprint density at radius 1 is 0.885 bits per heavy atom. The molecule has 3 aromatic carbocycles. The van der Waals surface area contributed by atoms with E-state index in [0.29, 0.717) is 23.6 Å². The van der Waals surface area contributed by atoms with Gasteiger partial charge in [-0.05, 0) is 83.5 Å². The number of carbonyl (C=O) groups excluding carboxylic acids is 1. The van der Waals surface area contributed by atoms with Crippen molar-refractivity contribution < 1.29 is 14.3 Å². The van der Waals surface area contributed by atoms with Crippen molar-refractivity contribution in [2.45, 2.75) is 6.92 Å². The lowest BCUT2D eigenvalue weighted by Crippen LogP contribution is -2.12. The molecule has 0 atom stereocenters. The largest absolute Gasteiger partial charge is 0.494 e. The molecule has 0 unspecified atom stereocenters. The molecule has 1 amide bonds. The second-order valence-electron chi connectivity index (χ2n) is 5.46. The van der Waals surface area contributed by atoms with E-state index in [2.05, 4.69) is 21.2 Å². The Bertz CT molecular complexity index is 877. The van der Waals surface area contributed by atoms with Gasteiger partial charge in [-0.1, -0.05) is 12.1 Å². The lowest BCUT2D eigenvalue weighted by atomic mass is 10.2. The van der Waals surface area contributed by atoms with Crippen LogP contribution < -0.4 is 14.8 Å². The standard InChI is InChI=1S/C21H18BrNO3/c1-2-25-16-11-13-18(14-12-16)26-17-9-7-15(8-10-17)23-21(24)19-5-3-4-6-20(19)22/h3-14H,2H2,1H3,(H,23,24). The average Bonchev–Trinajstić information content (AvgIpc) is 2.65. The Hall–Kier alpha value is -2.79. The lowest BCUT2D eigenvalue weighted by Gasteiger charge is -2.09. The van der Waals surface area contributed by atoms with Crippen LogP contribution in [0.5, 0.6) is 17.2 Å². The summed E-state index contributed by atoms with van der Waals surface area (Å²) in [6.07, 6.45) is 0. The van der Waals surface area contributed by atoms with Gasteiger partial charge in [0, 0.05) is 10.2 Å². The number of hydrogen-bond acceptors (Lipinski definition) is 3.